The number of fused-ring (bicyclic) bond motifs is 1. The van der Waals surface area contributed by atoms with E-state index in [4.69, 9.17) is 11.6 Å². The van der Waals surface area contributed by atoms with Gasteiger partial charge in [-0.25, -0.2) is 9.97 Å². The van der Waals surface area contributed by atoms with Crippen molar-refractivity contribution >= 4 is 34.4 Å². The van der Waals surface area contributed by atoms with Gasteiger partial charge in [-0.2, -0.15) is 0 Å². The summed E-state index contributed by atoms with van der Waals surface area (Å²) < 4.78 is 0. The zero-order chi connectivity index (χ0) is 13.8. The highest BCUT2D eigenvalue weighted by Crippen LogP contribution is 2.21. The second-order valence-corrected chi connectivity index (χ2v) is 5.19. The molecule has 0 saturated carbocycles. The Kier molecular flexibility index (Phi) is 4.32. The Labute approximate surface area is 117 Å². The van der Waals surface area contributed by atoms with Gasteiger partial charge in [0.2, 0.25) is 5.91 Å². The fourth-order valence-electron chi connectivity index (χ4n) is 1.67. The minimum Gasteiger partial charge on any atom is -0.308 e. The topological polar surface area (TPSA) is 54.9 Å². The second-order valence-electron chi connectivity index (χ2n) is 4.83. The molecule has 0 atom stereocenters. The van der Waals surface area contributed by atoms with Crippen molar-refractivity contribution < 1.29 is 4.79 Å². The average Bonchev–Trinajstić information content (AvgIpc) is 2.37. The summed E-state index contributed by atoms with van der Waals surface area (Å²) >= 11 is 6.02. The van der Waals surface area contributed by atoms with Crippen LogP contribution in [-0.4, -0.2) is 15.9 Å². The van der Waals surface area contributed by atoms with Crippen molar-refractivity contribution in [2.75, 3.05) is 5.32 Å². The van der Waals surface area contributed by atoms with Crippen LogP contribution in [0.1, 0.15) is 26.7 Å². The molecule has 100 valence electrons. The lowest BCUT2D eigenvalue weighted by Gasteiger charge is -2.08. The largest absolute Gasteiger partial charge is 0.308 e. The molecule has 0 bridgehead atoms. The minimum absolute atomic E-state index is 0.0832. The van der Waals surface area contributed by atoms with Gasteiger partial charge in [-0.15, -0.1) is 0 Å². The smallest absolute Gasteiger partial charge is 0.225 e. The zero-order valence-electron chi connectivity index (χ0n) is 11.0. The third kappa shape index (κ3) is 3.64. The van der Waals surface area contributed by atoms with Crippen molar-refractivity contribution in [3.05, 3.63) is 29.4 Å². The number of para-hydroxylation sites is 2. The first kappa shape index (κ1) is 13.7. The first-order valence-corrected chi connectivity index (χ1v) is 6.66. The van der Waals surface area contributed by atoms with Crippen molar-refractivity contribution in [2.45, 2.75) is 26.7 Å². The summed E-state index contributed by atoms with van der Waals surface area (Å²) in [6.07, 6.45) is 1.30. The van der Waals surface area contributed by atoms with E-state index in [0.717, 1.165) is 6.42 Å². The van der Waals surface area contributed by atoms with Gasteiger partial charge >= 0.3 is 0 Å². The number of amides is 1. The summed E-state index contributed by atoms with van der Waals surface area (Å²) in [4.78, 5) is 20.3. The number of aromatic nitrogens is 2. The maximum atomic E-state index is 11.8. The molecule has 2 rings (SSSR count). The highest BCUT2D eigenvalue weighted by molar-refractivity contribution is 6.32. The number of halogens is 1. The number of nitrogens with zero attached hydrogens (tertiary/aromatic N) is 2. The molecule has 1 amide bonds. The Morgan fingerprint density at radius 3 is 2.53 bits per heavy atom. The Hall–Kier alpha value is -1.68. The van der Waals surface area contributed by atoms with Gasteiger partial charge in [0.15, 0.2) is 11.0 Å². The molecule has 0 saturated heterocycles. The third-order valence-electron chi connectivity index (χ3n) is 2.73. The van der Waals surface area contributed by atoms with Gasteiger partial charge in [0.05, 0.1) is 11.0 Å². The maximum Gasteiger partial charge on any atom is 0.225 e. The summed E-state index contributed by atoms with van der Waals surface area (Å²) in [5, 5.41) is 2.93. The number of benzene rings is 1. The molecule has 2 aromatic rings. The Morgan fingerprint density at radius 2 is 1.89 bits per heavy atom. The van der Waals surface area contributed by atoms with Crippen molar-refractivity contribution in [1.82, 2.24) is 9.97 Å². The van der Waals surface area contributed by atoms with Crippen molar-refractivity contribution in [1.29, 1.82) is 0 Å². The number of carbonyl (C=O) groups excluding carboxylic acids is 1. The molecule has 1 N–H and O–H groups in total. The van der Waals surface area contributed by atoms with E-state index in [9.17, 15) is 4.79 Å². The van der Waals surface area contributed by atoms with Crippen LogP contribution in [-0.2, 0) is 4.79 Å². The normalized spacial score (nSPS) is 10.9. The Morgan fingerprint density at radius 1 is 1.26 bits per heavy atom. The molecular formula is C14H16ClN3O. The number of carbonyl (C=O) groups is 1. The first-order valence-electron chi connectivity index (χ1n) is 6.28. The van der Waals surface area contributed by atoms with Crippen molar-refractivity contribution in [2.24, 2.45) is 5.92 Å². The highest BCUT2D eigenvalue weighted by Gasteiger charge is 2.10. The van der Waals surface area contributed by atoms with Crippen LogP contribution in [0.15, 0.2) is 24.3 Å². The quantitative estimate of drug-likeness (QED) is 0.928. The Balaban J connectivity index is 2.16. The van der Waals surface area contributed by atoms with Crippen LogP contribution in [0.4, 0.5) is 5.82 Å². The van der Waals surface area contributed by atoms with Crippen molar-refractivity contribution in [3.8, 4) is 0 Å². The highest BCUT2D eigenvalue weighted by atomic mass is 35.5. The lowest BCUT2D eigenvalue weighted by molar-refractivity contribution is -0.116. The zero-order valence-corrected chi connectivity index (χ0v) is 11.7. The monoisotopic (exact) mass is 277 g/mol. The summed E-state index contributed by atoms with van der Waals surface area (Å²) in [6.45, 7) is 4.16. The maximum absolute atomic E-state index is 11.8. The fourth-order valence-corrected chi connectivity index (χ4v) is 1.85. The van der Waals surface area contributed by atoms with E-state index >= 15 is 0 Å². The summed E-state index contributed by atoms with van der Waals surface area (Å²) in [6, 6.07) is 7.41. The fraction of sp³-hybridized carbons (Fsp3) is 0.357. The van der Waals surface area contributed by atoms with Crippen LogP contribution >= 0.6 is 11.6 Å². The van der Waals surface area contributed by atoms with Crippen LogP contribution in [0.2, 0.25) is 5.15 Å². The number of nitrogens with one attached hydrogen (secondary N) is 1. The van der Waals surface area contributed by atoms with E-state index in [1.807, 2.05) is 24.3 Å². The second kappa shape index (κ2) is 5.97. The third-order valence-corrected chi connectivity index (χ3v) is 3.00. The van der Waals surface area contributed by atoms with E-state index in [1.54, 1.807) is 0 Å². The molecule has 0 unspecified atom stereocenters. The molecule has 0 fully saturated rings. The molecule has 0 aliphatic heterocycles. The minimum atomic E-state index is -0.0832. The lowest BCUT2D eigenvalue weighted by atomic mass is 10.1. The first-order chi connectivity index (χ1) is 9.06. The van der Waals surface area contributed by atoms with Crippen molar-refractivity contribution in [3.63, 3.8) is 0 Å². The SMILES string of the molecule is CC(C)CCC(=O)Nc1nc2ccccc2nc1Cl. The predicted octanol–water partition coefficient (Wildman–Crippen LogP) is 3.66. The molecule has 0 radical (unpaired) electrons. The lowest BCUT2D eigenvalue weighted by Crippen LogP contribution is -2.14. The van der Waals surface area contributed by atoms with Crippen LogP contribution in [0, 0.1) is 5.92 Å². The number of anilines is 1. The number of hydrogen-bond acceptors (Lipinski definition) is 3. The predicted molar refractivity (Wildman–Crippen MR) is 77.2 cm³/mol. The molecular weight excluding hydrogens is 262 g/mol. The van der Waals surface area contributed by atoms with Crippen LogP contribution in [0.25, 0.3) is 11.0 Å². The molecule has 4 nitrogen and oxygen atoms in total. The van der Waals surface area contributed by atoms with E-state index in [0.29, 0.717) is 29.2 Å². The average molecular weight is 278 g/mol. The van der Waals surface area contributed by atoms with E-state index < -0.39 is 0 Å². The molecule has 5 heteroatoms. The molecule has 19 heavy (non-hydrogen) atoms. The number of hydrogen-bond donors (Lipinski definition) is 1. The van der Waals surface area contributed by atoms with E-state index in [2.05, 4.69) is 29.1 Å². The van der Waals surface area contributed by atoms with E-state index in [-0.39, 0.29) is 11.1 Å². The summed E-state index contributed by atoms with van der Waals surface area (Å²) in [5.41, 5.74) is 1.43. The summed E-state index contributed by atoms with van der Waals surface area (Å²) in [7, 11) is 0. The van der Waals surface area contributed by atoms with Crippen LogP contribution < -0.4 is 5.32 Å². The molecule has 1 aromatic heterocycles. The van der Waals surface area contributed by atoms with Gasteiger partial charge in [0.1, 0.15) is 0 Å². The van der Waals surface area contributed by atoms with Gasteiger partial charge in [-0.1, -0.05) is 37.6 Å². The molecule has 1 heterocycles. The van der Waals surface area contributed by atoms with Crippen LogP contribution in [0.5, 0.6) is 0 Å². The van der Waals surface area contributed by atoms with Gasteiger partial charge in [-0.3, -0.25) is 4.79 Å². The molecule has 0 aliphatic rings. The Bertz CT molecular complexity index is 598. The standard InChI is InChI=1S/C14H16ClN3O/c1-9(2)7-8-12(19)18-14-13(15)16-10-5-3-4-6-11(10)17-14/h3-6,9H,7-8H2,1-2H3,(H,17,18,19). The summed E-state index contributed by atoms with van der Waals surface area (Å²) in [5.74, 6) is 0.734. The van der Waals surface area contributed by atoms with Crippen LogP contribution in [0.3, 0.4) is 0 Å². The van der Waals surface area contributed by atoms with Gasteiger partial charge < -0.3 is 5.32 Å². The molecule has 0 spiro atoms. The van der Waals surface area contributed by atoms with E-state index in [1.165, 1.54) is 0 Å². The molecule has 1 aromatic carbocycles. The number of rotatable bonds is 4. The molecule has 0 aliphatic carbocycles. The van der Waals surface area contributed by atoms with Gasteiger partial charge in [-0.05, 0) is 24.5 Å². The van der Waals surface area contributed by atoms with Gasteiger partial charge in [0.25, 0.3) is 0 Å². The van der Waals surface area contributed by atoms with Gasteiger partial charge in [0, 0.05) is 6.42 Å².